The molecule has 3 nitrogen and oxygen atoms in total. The van der Waals surface area contributed by atoms with E-state index < -0.39 is 0 Å². The van der Waals surface area contributed by atoms with E-state index in [0.717, 1.165) is 17.8 Å². The minimum atomic E-state index is 0.459. The predicted molar refractivity (Wildman–Crippen MR) is 62.9 cm³/mol. The number of hydrogen-bond donors (Lipinski definition) is 1. The molecule has 3 heteroatoms. The van der Waals surface area contributed by atoms with Crippen LogP contribution in [0, 0.1) is 0 Å². The third-order valence-electron chi connectivity index (χ3n) is 2.86. The number of fused-ring (bicyclic) bond motifs is 1. The molecule has 0 spiro atoms. The Morgan fingerprint density at radius 3 is 2.80 bits per heavy atom. The van der Waals surface area contributed by atoms with Gasteiger partial charge in [-0.2, -0.15) is 0 Å². The van der Waals surface area contributed by atoms with Crippen molar-refractivity contribution < 1.29 is 0 Å². The first-order chi connectivity index (χ1) is 7.22. The number of likely N-dealkylation sites (N-methyl/N-ethyl adjacent to an activating group) is 1. The molecule has 2 aromatic rings. The van der Waals surface area contributed by atoms with Gasteiger partial charge in [0.05, 0.1) is 11.0 Å². The number of nitrogens with one attached hydrogen (secondary N) is 1. The average molecular weight is 203 g/mol. The van der Waals surface area contributed by atoms with Gasteiger partial charge in [0.1, 0.15) is 5.82 Å². The molecule has 1 aromatic heterocycles. The van der Waals surface area contributed by atoms with E-state index in [4.69, 9.17) is 0 Å². The van der Waals surface area contributed by atoms with Crippen LogP contribution in [0.2, 0.25) is 0 Å². The fourth-order valence-electron chi connectivity index (χ4n) is 1.75. The van der Waals surface area contributed by atoms with Crippen LogP contribution >= 0.6 is 0 Å². The Balaban J connectivity index is 2.40. The van der Waals surface area contributed by atoms with Crippen LogP contribution < -0.4 is 5.32 Å². The molecule has 1 atom stereocenters. The smallest absolute Gasteiger partial charge is 0.111 e. The number of aromatic nitrogens is 2. The number of imidazole rings is 1. The Morgan fingerprint density at radius 2 is 2.13 bits per heavy atom. The minimum absolute atomic E-state index is 0.459. The summed E-state index contributed by atoms with van der Waals surface area (Å²) in [5.41, 5.74) is 2.29. The summed E-state index contributed by atoms with van der Waals surface area (Å²) >= 11 is 0. The van der Waals surface area contributed by atoms with Crippen LogP contribution in [0.25, 0.3) is 11.0 Å². The molecule has 0 bridgehead atoms. The van der Waals surface area contributed by atoms with Crippen LogP contribution in [0.3, 0.4) is 0 Å². The molecule has 1 heterocycles. The van der Waals surface area contributed by atoms with Crippen molar-refractivity contribution in [2.45, 2.75) is 19.4 Å². The fourth-order valence-corrected chi connectivity index (χ4v) is 1.75. The molecule has 2 rings (SSSR count). The molecule has 0 aliphatic carbocycles. The molecular formula is C12H17N3. The number of hydrogen-bond acceptors (Lipinski definition) is 2. The van der Waals surface area contributed by atoms with Crippen LogP contribution in [0.1, 0.15) is 12.7 Å². The molecule has 0 fully saturated rings. The number of nitrogens with zero attached hydrogens (tertiary/aromatic N) is 2. The molecule has 0 radical (unpaired) electrons. The van der Waals surface area contributed by atoms with E-state index in [2.05, 4.69) is 47.0 Å². The van der Waals surface area contributed by atoms with Crippen molar-refractivity contribution in [3.05, 3.63) is 30.1 Å². The lowest BCUT2D eigenvalue weighted by Gasteiger charge is -2.09. The van der Waals surface area contributed by atoms with E-state index in [0.29, 0.717) is 6.04 Å². The maximum Gasteiger partial charge on any atom is 0.111 e. The lowest BCUT2D eigenvalue weighted by Crippen LogP contribution is -2.24. The monoisotopic (exact) mass is 203 g/mol. The Morgan fingerprint density at radius 1 is 1.40 bits per heavy atom. The topological polar surface area (TPSA) is 29.9 Å². The first kappa shape index (κ1) is 10.2. The second-order valence-electron chi connectivity index (χ2n) is 3.97. The van der Waals surface area contributed by atoms with Gasteiger partial charge in [-0.15, -0.1) is 0 Å². The van der Waals surface area contributed by atoms with Gasteiger partial charge in [-0.05, 0) is 26.1 Å². The highest BCUT2D eigenvalue weighted by molar-refractivity contribution is 5.75. The summed E-state index contributed by atoms with van der Waals surface area (Å²) in [6.45, 7) is 2.17. The predicted octanol–water partition coefficient (Wildman–Crippen LogP) is 1.72. The van der Waals surface area contributed by atoms with E-state index in [9.17, 15) is 0 Å². The standard InChI is InChI=1S/C12H17N3/c1-9(13-2)8-12-14-10-6-4-5-7-11(10)15(12)3/h4-7,9,13H,8H2,1-3H3. The molecule has 0 saturated heterocycles. The van der Waals surface area contributed by atoms with Crippen LogP contribution in [0.5, 0.6) is 0 Å². The Bertz CT molecular complexity index is 459. The minimum Gasteiger partial charge on any atom is -0.331 e. The molecule has 0 aliphatic heterocycles. The third kappa shape index (κ3) is 1.88. The van der Waals surface area contributed by atoms with Crippen LogP contribution in [-0.4, -0.2) is 22.6 Å². The first-order valence-electron chi connectivity index (χ1n) is 5.30. The molecule has 0 aliphatic rings. The van der Waals surface area contributed by atoms with E-state index >= 15 is 0 Å². The highest BCUT2D eigenvalue weighted by Crippen LogP contribution is 2.14. The number of para-hydroxylation sites is 2. The summed E-state index contributed by atoms with van der Waals surface area (Å²) in [4.78, 5) is 4.62. The van der Waals surface area contributed by atoms with Gasteiger partial charge in [0, 0.05) is 19.5 Å². The van der Waals surface area contributed by atoms with Gasteiger partial charge in [0.15, 0.2) is 0 Å². The molecule has 15 heavy (non-hydrogen) atoms. The second kappa shape index (κ2) is 4.03. The van der Waals surface area contributed by atoms with Crippen LogP contribution in [0.4, 0.5) is 0 Å². The van der Waals surface area contributed by atoms with Gasteiger partial charge >= 0.3 is 0 Å². The van der Waals surface area contributed by atoms with Gasteiger partial charge in [-0.1, -0.05) is 12.1 Å². The summed E-state index contributed by atoms with van der Waals surface area (Å²) in [6.07, 6.45) is 0.960. The van der Waals surface area contributed by atoms with E-state index in [-0.39, 0.29) is 0 Å². The first-order valence-corrected chi connectivity index (χ1v) is 5.30. The molecule has 0 amide bonds. The third-order valence-corrected chi connectivity index (χ3v) is 2.86. The Hall–Kier alpha value is -1.35. The molecule has 1 unspecified atom stereocenters. The number of benzene rings is 1. The van der Waals surface area contributed by atoms with Gasteiger partial charge < -0.3 is 9.88 Å². The molecule has 1 N–H and O–H groups in total. The van der Waals surface area contributed by atoms with Crippen molar-refractivity contribution in [3.63, 3.8) is 0 Å². The zero-order valence-electron chi connectivity index (χ0n) is 9.49. The van der Waals surface area contributed by atoms with Crippen molar-refractivity contribution in [2.75, 3.05) is 7.05 Å². The molecule has 0 saturated carbocycles. The van der Waals surface area contributed by atoms with Crippen molar-refractivity contribution >= 4 is 11.0 Å². The van der Waals surface area contributed by atoms with Gasteiger partial charge in [0.2, 0.25) is 0 Å². The lowest BCUT2D eigenvalue weighted by atomic mass is 10.2. The van der Waals surface area contributed by atoms with E-state index in [1.807, 2.05) is 13.1 Å². The van der Waals surface area contributed by atoms with Crippen molar-refractivity contribution in [1.82, 2.24) is 14.9 Å². The summed E-state index contributed by atoms with van der Waals surface area (Å²) in [5.74, 6) is 1.14. The summed E-state index contributed by atoms with van der Waals surface area (Å²) < 4.78 is 2.17. The van der Waals surface area contributed by atoms with Gasteiger partial charge in [-0.25, -0.2) is 4.98 Å². The van der Waals surface area contributed by atoms with Crippen molar-refractivity contribution in [3.8, 4) is 0 Å². The molecular weight excluding hydrogens is 186 g/mol. The maximum absolute atomic E-state index is 4.62. The van der Waals surface area contributed by atoms with Crippen LogP contribution in [-0.2, 0) is 13.5 Å². The Labute approximate surface area is 90.1 Å². The zero-order chi connectivity index (χ0) is 10.8. The SMILES string of the molecule is CNC(C)Cc1nc2ccccc2n1C. The van der Waals surface area contributed by atoms with Crippen molar-refractivity contribution in [2.24, 2.45) is 7.05 Å². The molecule has 80 valence electrons. The van der Waals surface area contributed by atoms with Crippen LogP contribution in [0.15, 0.2) is 24.3 Å². The maximum atomic E-state index is 4.62. The fraction of sp³-hybridized carbons (Fsp3) is 0.417. The molecule has 1 aromatic carbocycles. The van der Waals surface area contributed by atoms with Crippen molar-refractivity contribution in [1.29, 1.82) is 0 Å². The quantitative estimate of drug-likeness (QED) is 0.823. The normalized spacial score (nSPS) is 13.3. The number of aryl methyl sites for hydroxylation is 1. The largest absolute Gasteiger partial charge is 0.331 e. The highest BCUT2D eigenvalue weighted by atomic mass is 15.1. The summed E-state index contributed by atoms with van der Waals surface area (Å²) in [7, 11) is 4.06. The highest BCUT2D eigenvalue weighted by Gasteiger charge is 2.09. The number of rotatable bonds is 3. The Kier molecular flexibility index (Phi) is 2.73. The summed E-state index contributed by atoms with van der Waals surface area (Å²) in [6, 6.07) is 8.70. The average Bonchev–Trinajstić information content (AvgIpc) is 2.57. The van der Waals surface area contributed by atoms with E-state index in [1.165, 1.54) is 5.52 Å². The van der Waals surface area contributed by atoms with Gasteiger partial charge in [0.25, 0.3) is 0 Å². The zero-order valence-corrected chi connectivity index (χ0v) is 9.49. The van der Waals surface area contributed by atoms with E-state index in [1.54, 1.807) is 0 Å². The van der Waals surface area contributed by atoms with Gasteiger partial charge in [-0.3, -0.25) is 0 Å². The second-order valence-corrected chi connectivity index (χ2v) is 3.97. The lowest BCUT2D eigenvalue weighted by molar-refractivity contribution is 0.581. The summed E-state index contributed by atoms with van der Waals surface area (Å²) in [5, 5.41) is 3.23.